The van der Waals surface area contributed by atoms with Gasteiger partial charge in [0.25, 0.3) is 0 Å². The number of hydrogen-bond donors (Lipinski definition) is 4. The maximum atomic E-state index is 7.62. The number of aliphatic hydroxyl groups excluding tert-OH is 2. The fourth-order valence-electron chi connectivity index (χ4n) is 0.906. The van der Waals surface area contributed by atoms with Gasteiger partial charge in [-0.1, -0.05) is 36.4 Å². The van der Waals surface area contributed by atoms with Crippen LogP contribution in [0.4, 0.5) is 11.4 Å². The van der Waals surface area contributed by atoms with Crippen LogP contribution in [0.3, 0.4) is 0 Å². The van der Waals surface area contributed by atoms with Gasteiger partial charge in [0.2, 0.25) is 0 Å². The van der Waals surface area contributed by atoms with E-state index in [-0.39, 0.29) is 13.2 Å². The molecule has 0 radical (unpaired) electrons. The van der Waals surface area contributed by atoms with E-state index in [0.717, 1.165) is 11.4 Å². The zero-order chi connectivity index (χ0) is 13.6. The molecule has 0 aliphatic carbocycles. The van der Waals surface area contributed by atoms with Gasteiger partial charge in [-0.2, -0.15) is 0 Å². The molecule has 0 aliphatic rings. The Hall–Kier alpha value is -2.04. The van der Waals surface area contributed by atoms with Crippen LogP contribution in [0, 0.1) is 0 Å². The lowest BCUT2D eigenvalue weighted by Crippen LogP contribution is -1.85. The molecule has 0 aromatic heterocycles. The van der Waals surface area contributed by atoms with Gasteiger partial charge in [-0.3, -0.25) is 0 Å². The second kappa shape index (κ2) is 11.4. The van der Waals surface area contributed by atoms with Gasteiger partial charge >= 0.3 is 0 Å². The van der Waals surface area contributed by atoms with Gasteiger partial charge in [0.15, 0.2) is 0 Å². The summed E-state index contributed by atoms with van der Waals surface area (Å²) in [6.07, 6.45) is 0. The van der Waals surface area contributed by atoms with E-state index >= 15 is 0 Å². The minimum Gasteiger partial charge on any atom is -0.399 e. The molecule has 2 rings (SSSR count). The van der Waals surface area contributed by atoms with Crippen LogP contribution in [-0.2, 0) is 0 Å². The molecule has 0 bridgehead atoms. The maximum absolute atomic E-state index is 7.62. The minimum atomic E-state index is -0.125. The van der Waals surface area contributed by atoms with Crippen molar-refractivity contribution in [3.63, 3.8) is 0 Å². The van der Waals surface area contributed by atoms with Crippen LogP contribution in [0.15, 0.2) is 60.7 Å². The van der Waals surface area contributed by atoms with Crippen LogP contribution >= 0.6 is 0 Å². The van der Waals surface area contributed by atoms with Gasteiger partial charge in [-0.25, -0.2) is 0 Å². The number of rotatable bonds is 1. The quantitative estimate of drug-likeness (QED) is 0.576. The lowest BCUT2D eigenvalue weighted by atomic mass is 10.3. The summed E-state index contributed by atoms with van der Waals surface area (Å²) in [6, 6.07) is 19.0. The van der Waals surface area contributed by atoms with Crippen molar-refractivity contribution >= 4 is 11.4 Å². The van der Waals surface area contributed by atoms with Gasteiger partial charge in [-0.05, 0) is 24.3 Å². The normalized spacial score (nSPS) is 8.33. The Labute approximate surface area is 107 Å². The third-order valence-corrected chi connectivity index (χ3v) is 1.70. The van der Waals surface area contributed by atoms with E-state index in [1.54, 1.807) is 0 Å². The molecular formula is C14H20N2O2. The standard InChI is InChI=1S/2C6H7N.C2H6O2/c2*7-6-4-2-1-3-5-6;3-1-2-4/h2*1-5H,7H2;3-4H,1-2H2. The zero-order valence-corrected chi connectivity index (χ0v) is 10.2. The second-order valence-corrected chi connectivity index (χ2v) is 3.27. The Bertz CT molecular complexity index is 340. The number of anilines is 2. The van der Waals surface area contributed by atoms with Crippen molar-refractivity contribution in [2.45, 2.75) is 0 Å². The van der Waals surface area contributed by atoms with Crippen molar-refractivity contribution in [3.05, 3.63) is 60.7 Å². The van der Waals surface area contributed by atoms with E-state index in [4.69, 9.17) is 21.7 Å². The molecule has 0 spiro atoms. The Morgan fingerprint density at radius 3 is 1.00 bits per heavy atom. The first-order valence-electron chi connectivity index (χ1n) is 5.53. The van der Waals surface area contributed by atoms with E-state index < -0.39 is 0 Å². The van der Waals surface area contributed by atoms with E-state index in [0.29, 0.717) is 0 Å². The summed E-state index contributed by atoms with van der Waals surface area (Å²) in [5.41, 5.74) is 12.4. The smallest absolute Gasteiger partial charge is 0.0662 e. The maximum Gasteiger partial charge on any atom is 0.0662 e. The van der Waals surface area contributed by atoms with Crippen molar-refractivity contribution in [1.29, 1.82) is 0 Å². The van der Waals surface area contributed by atoms with E-state index in [2.05, 4.69) is 0 Å². The van der Waals surface area contributed by atoms with Crippen LogP contribution in [0.1, 0.15) is 0 Å². The average molecular weight is 248 g/mol. The number of hydrogen-bond acceptors (Lipinski definition) is 4. The Morgan fingerprint density at radius 1 is 0.611 bits per heavy atom. The monoisotopic (exact) mass is 248 g/mol. The molecule has 6 N–H and O–H groups in total. The van der Waals surface area contributed by atoms with Gasteiger partial charge < -0.3 is 21.7 Å². The molecule has 0 aliphatic heterocycles. The van der Waals surface area contributed by atoms with Crippen LogP contribution in [0.5, 0.6) is 0 Å². The molecule has 2 aromatic carbocycles. The molecule has 0 amide bonds. The van der Waals surface area contributed by atoms with Crippen molar-refractivity contribution in [3.8, 4) is 0 Å². The molecule has 0 heterocycles. The summed E-state index contributed by atoms with van der Waals surface area (Å²) in [4.78, 5) is 0. The topological polar surface area (TPSA) is 92.5 Å². The van der Waals surface area contributed by atoms with Gasteiger partial charge in [0.05, 0.1) is 13.2 Å². The summed E-state index contributed by atoms with van der Waals surface area (Å²) in [6.45, 7) is -0.250. The largest absolute Gasteiger partial charge is 0.399 e. The summed E-state index contributed by atoms with van der Waals surface area (Å²) >= 11 is 0. The summed E-state index contributed by atoms with van der Waals surface area (Å²) in [7, 11) is 0. The van der Waals surface area contributed by atoms with Crippen molar-refractivity contribution in [1.82, 2.24) is 0 Å². The zero-order valence-electron chi connectivity index (χ0n) is 10.2. The predicted molar refractivity (Wildman–Crippen MR) is 75.9 cm³/mol. The van der Waals surface area contributed by atoms with Gasteiger partial charge in [0, 0.05) is 11.4 Å². The summed E-state index contributed by atoms with van der Waals surface area (Å²) in [5, 5.41) is 15.2. The van der Waals surface area contributed by atoms with Crippen LogP contribution in [0.2, 0.25) is 0 Å². The molecule has 0 saturated carbocycles. The first kappa shape index (κ1) is 16.0. The second-order valence-electron chi connectivity index (χ2n) is 3.27. The lowest BCUT2D eigenvalue weighted by Gasteiger charge is -1.83. The van der Waals surface area contributed by atoms with E-state index in [1.807, 2.05) is 60.7 Å². The molecule has 0 unspecified atom stereocenters. The summed E-state index contributed by atoms with van der Waals surface area (Å²) in [5.74, 6) is 0. The number of benzene rings is 2. The Kier molecular flexibility index (Phi) is 10.1. The highest BCUT2D eigenvalue weighted by molar-refractivity contribution is 5.36. The van der Waals surface area contributed by atoms with Crippen LogP contribution in [-0.4, -0.2) is 23.4 Å². The highest BCUT2D eigenvalue weighted by Gasteiger charge is 1.72. The van der Waals surface area contributed by atoms with Crippen molar-refractivity contribution < 1.29 is 10.2 Å². The highest BCUT2D eigenvalue weighted by Crippen LogP contribution is 1.96. The van der Waals surface area contributed by atoms with E-state index in [1.165, 1.54) is 0 Å². The molecule has 4 heteroatoms. The SMILES string of the molecule is Nc1ccccc1.Nc1ccccc1.OCCO. The molecule has 18 heavy (non-hydrogen) atoms. The molecule has 0 saturated heterocycles. The highest BCUT2D eigenvalue weighted by atomic mass is 16.3. The number of para-hydroxylation sites is 2. The molecule has 4 nitrogen and oxygen atoms in total. The van der Waals surface area contributed by atoms with Gasteiger partial charge in [-0.15, -0.1) is 0 Å². The average Bonchev–Trinajstić information content (AvgIpc) is 2.41. The van der Waals surface area contributed by atoms with Crippen LogP contribution < -0.4 is 11.5 Å². The minimum absolute atomic E-state index is 0.125. The molecule has 2 aromatic rings. The van der Waals surface area contributed by atoms with Crippen molar-refractivity contribution in [2.24, 2.45) is 0 Å². The van der Waals surface area contributed by atoms with Crippen molar-refractivity contribution in [2.75, 3.05) is 24.7 Å². The Balaban J connectivity index is 0.000000253. The van der Waals surface area contributed by atoms with Crippen LogP contribution in [0.25, 0.3) is 0 Å². The number of nitrogen functional groups attached to an aromatic ring is 2. The van der Waals surface area contributed by atoms with E-state index in [9.17, 15) is 0 Å². The molecule has 0 fully saturated rings. The fraction of sp³-hybridized carbons (Fsp3) is 0.143. The molecule has 0 atom stereocenters. The van der Waals surface area contributed by atoms with Gasteiger partial charge in [0.1, 0.15) is 0 Å². The number of aliphatic hydroxyl groups is 2. The summed E-state index contributed by atoms with van der Waals surface area (Å²) < 4.78 is 0. The molecular weight excluding hydrogens is 228 g/mol. The Morgan fingerprint density at radius 2 is 0.889 bits per heavy atom. The predicted octanol–water partition coefficient (Wildman–Crippen LogP) is 1.51. The third-order valence-electron chi connectivity index (χ3n) is 1.70. The lowest BCUT2D eigenvalue weighted by molar-refractivity contribution is 0.186. The first-order chi connectivity index (χ1) is 8.70. The number of nitrogens with two attached hydrogens (primary N) is 2. The first-order valence-corrected chi connectivity index (χ1v) is 5.53. The third kappa shape index (κ3) is 10.5. The molecule has 98 valence electrons. The fourth-order valence-corrected chi connectivity index (χ4v) is 0.906.